The number of methoxy groups -OCH3 is 1. The minimum Gasteiger partial charge on any atom is -0.493 e. The fourth-order valence-electron chi connectivity index (χ4n) is 3.31. The molecule has 4 aromatic rings. The Labute approximate surface area is 210 Å². The summed E-state index contributed by atoms with van der Waals surface area (Å²) in [6.45, 7) is -0.0978. The van der Waals surface area contributed by atoms with Gasteiger partial charge in [-0.15, -0.1) is 0 Å². The van der Waals surface area contributed by atoms with Gasteiger partial charge in [0.25, 0.3) is 5.56 Å². The Hall–Kier alpha value is -4.68. The number of ether oxygens (including phenoxy) is 2. The molecular weight excluding hydrogens is 485 g/mol. The van der Waals surface area contributed by atoms with Gasteiger partial charge in [-0.2, -0.15) is 10.4 Å². The number of H-pyrrole nitrogens is 1. The summed E-state index contributed by atoms with van der Waals surface area (Å²) in [6.07, 6.45) is 1.47. The van der Waals surface area contributed by atoms with Crippen LogP contribution in [0.25, 0.3) is 11.3 Å². The quantitative estimate of drug-likeness (QED) is 0.254. The minimum absolute atomic E-state index is 0.0632. The lowest BCUT2D eigenvalue weighted by Gasteiger charge is -2.12. The SMILES string of the molecule is COc1ccc(C=NNc2nc(-c3ccccc3)c(C#N)c(=O)[nH]2)cc1OCc1c(F)cccc1Cl. The molecule has 36 heavy (non-hydrogen) atoms. The van der Waals surface area contributed by atoms with Crippen molar-refractivity contribution in [3.8, 4) is 28.8 Å². The fourth-order valence-corrected chi connectivity index (χ4v) is 3.53. The van der Waals surface area contributed by atoms with Crippen LogP contribution in [0, 0.1) is 17.1 Å². The number of benzene rings is 3. The monoisotopic (exact) mass is 503 g/mol. The highest BCUT2D eigenvalue weighted by Gasteiger charge is 2.13. The standard InChI is InChI=1S/C26H19ClFN5O3/c1-35-22-11-10-16(12-23(22)36-15-19-20(27)8-5-9-21(19)28)14-30-33-26-31-24(17-6-3-2-4-7-17)18(13-29)25(34)32-26/h2-12,14H,15H2,1H3,(H2,31,32,33,34). The summed E-state index contributed by atoms with van der Waals surface area (Å²) in [5.41, 5.74) is 3.71. The van der Waals surface area contributed by atoms with Gasteiger partial charge in [0.1, 0.15) is 24.1 Å². The molecule has 0 bridgehead atoms. The highest BCUT2D eigenvalue weighted by molar-refractivity contribution is 6.31. The van der Waals surface area contributed by atoms with Crippen LogP contribution in [0.2, 0.25) is 5.02 Å². The molecule has 3 aromatic carbocycles. The summed E-state index contributed by atoms with van der Waals surface area (Å²) in [6, 6.07) is 20.3. The van der Waals surface area contributed by atoms with Crippen LogP contribution >= 0.6 is 11.6 Å². The largest absolute Gasteiger partial charge is 0.493 e. The van der Waals surface area contributed by atoms with Crippen LogP contribution in [0.4, 0.5) is 10.3 Å². The normalized spacial score (nSPS) is 10.7. The van der Waals surface area contributed by atoms with Crippen LogP contribution < -0.4 is 20.5 Å². The smallest absolute Gasteiger partial charge is 0.270 e. The van der Waals surface area contributed by atoms with Crippen molar-refractivity contribution in [1.29, 1.82) is 5.26 Å². The lowest BCUT2D eigenvalue weighted by molar-refractivity contribution is 0.280. The third-order valence-electron chi connectivity index (χ3n) is 5.08. The van der Waals surface area contributed by atoms with Crippen molar-refractivity contribution in [2.75, 3.05) is 12.5 Å². The van der Waals surface area contributed by atoms with Crippen LogP contribution in [0.15, 0.2) is 76.6 Å². The first kappa shape index (κ1) is 24.4. The number of aromatic amines is 1. The van der Waals surface area contributed by atoms with Crippen molar-refractivity contribution in [1.82, 2.24) is 9.97 Å². The van der Waals surface area contributed by atoms with Crippen molar-refractivity contribution in [3.63, 3.8) is 0 Å². The van der Waals surface area contributed by atoms with Crippen LogP contribution in [0.3, 0.4) is 0 Å². The van der Waals surface area contributed by atoms with Gasteiger partial charge in [-0.1, -0.05) is 48.0 Å². The molecule has 0 fully saturated rings. The van der Waals surface area contributed by atoms with Gasteiger partial charge in [0.2, 0.25) is 5.95 Å². The fraction of sp³-hybridized carbons (Fsp3) is 0.0769. The van der Waals surface area contributed by atoms with Crippen LogP contribution in [0.5, 0.6) is 11.5 Å². The van der Waals surface area contributed by atoms with Gasteiger partial charge in [-0.05, 0) is 35.9 Å². The number of hydrogen-bond donors (Lipinski definition) is 2. The maximum atomic E-state index is 14.1. The number of nitriles is 1. The zero-order valence-electron chi connectivity index (χ0n) is 19.0. The molecule has 0 saturated heterocycles. The maximum absolute atomic E-state index is 14.1. The first-order valence-corrected chi connectivity index (χ1v) is 11.0. The van der Waals surface area contributed by atoms with Crippen molar-refractivity contribution >= 4 is 23.8 Å². The van der Waals surface area contributed by atoms with Gasteiger partial charge in [0.05, 0.1) is 24.0 Å². The summed E-state index contributed by atoms with van der Waals surface area (Å²) in [5, 5.41) is 13.8. The maximum Gasteiger partial charge on any atom is 0.270 e. The van der Waals surface area contributed by atoms with Crippen LogP contribution in [-0.2, 0) is 6.61 Å². The lowest BCUT2D eigenvalue weighted by Crippen LogP contribution is -2.16. The molecule has 0 saturated carbocycles. The molecule has 0 atom stereocenters. The van der Waals surface area contributed by atoms with Crippen molar-refractivity contribution in [3.05, 3.63) is 105 Å². The average Bonchev–Trinajstić information content (AvgIpc) is 2.89. The molecule has 1 heterocycles. The molecule has 0 aliphatic heterocycles. The van der Waals surface area contributed by atoms with Crippen molar-refractivity contribution < 1.29 is 13.9 Å². The summed E-state index contributed by atoms with van der Waals surface area (Å²) in [4.78, 5) is 19.2. The molecule has 0 aliphatic rings. The predicted molar refractivity (Wildman–Crippen MR) is 135 cm³/mol. The van der Waals surface area contributed by atoms with Gasteiger partial charge >= 0.3 is 0 Å². The van der Waals surface area contributed by atoms with E-state index < -0.39 is 11.4 Å². The molecular formula is C26H19ClFN5O3. The highest BCUT2D eigenvalue weighted by atomic mass is 35.5. The third kappa shape index (κ3) is 5.51. The first-order chi connectivity index (χ1) is 17.5. The summed E-state index contributed by atoms with van der Waals surface area (Å²) < 4.78 is 25.2. The van der Waals surface area contributed by atoms with E-state index in [2.05, 4.69) is 20.5 Å². The Balaban J connectivity index is 1.54. The van der Waals surface area contributed by atoms with Crippen molar-refractivity contribution in [2.45, 2.75) is 6.61 Å². The molecule has 2 N–H and O–H groups in total. The predicted octanol–water partition coefficient (Wildman–Crippen LogP) is 5.13. The van der Waals surface area contributed by atoms with Gasteiger partial charge < -0.3 is 9.47 Å². The second-order valence-corrected chi connectivity index (χ2v) is 7.79. The van der Waals surface area contributed by atoms with Gasteiger partial charge in [0, 0.05) is 11.1 Å². The van der Waals surface area contributed by atoms with E-state index in [0.29, 0.717) is 22.6 Å². The van der Waals surface area contributed by atoms with E-state index in [1.54, 1.807) is 48.5 Å². The Kier molecular flexibility index (Phi) is 7.58. The third-order valence-corrected chi connectivity index (χ3v) is 5.44. The number of nitrogens with zero attached hydrogens (tertiary/aromatic N) is 3. The van der Waals surface area contributed by atoms with E-state index in [1.165, 1.54) is 25.5 Å². The first-order valence-electron chi connectivity index (χ1n) is 10.6. The van der Waals surface area contributed by atoms with E-state index in [1.807, 2.05) is 12.1 Å². The molecule has 10 heteroatoms. The number of hydrogen-bond acceptors (Lipinski definition) is 7. The Bertz CT molecular complexity index is 1500. The van der Waals surface area contributed by atoms with E-state index in [0.717, 1.165) is 0 Å². The molecule has 1 aromatic heterocycles. The van der Waals surface area contributed by atoms with Gasteiger partial charge in [-0.3, -0.25) is 9.78 Å². The second-order valence-electron chi connectivity index (χ2n) is 7.39. The zero-order valence-corrected chi connectivity index (χ0v) is 19.7. The summed E-state index contributed by atoms with van der Waals surface area (Å²) in [5.74, 6) is 0.394. The topological polar surface area (TPSA) is 112 Å². The van der Waals surface area contributed by atoms with Crippen LogP contribution in [0.1, 0.15) is 16.7 Å². The zero-order chi connectivity index (χ0) is 25.5. The molecule has 0 radical (unpaired) electrons. The Morgan fingerprint density at radius 2 is 1.97 bits per heavy atom. The number of halogens is 2. The van der Waals surface area contributed by atoms with E-state index >= 15 is 0 Å². The molecule has 0 spiro atoms. The molecule has 0 unspecified atom stereocenters. The lowest BCUT2D eigenvalue weighted by atomic mass is 10.1. The highest BCUT2D eigenvalue weighted by Crippen LogP contribution is 2.30. The Morgan fingerprint density at radius 3 is 2.69 bits per heavy atom. The number of aromatic nitrogens is 2. The minimum atomic E-state index is -0.587. The van der Waals surface area contributed by atoms with E-state index in [4.69, 9.17) is 21.1 Å². The number of rotatable bonds is 8. The summed E-state index contributed by atoms with van der Waals surface area (Å²) >= 11 is 6.08. The van der Waals surface area contributed by atoms with Crippen LogP contribution in [-0.4, -0.2) is 23.3 Å². The molecule has 4 rings (SSSR count). The molecule has 180 valence electrons. The number of nitrogens with one attached hydrogen (secondary N) is 2. The van der Waals surface area contributed by atoms with E-state index in [9.17, 15) is 14.4 Å². The average molecular weight is 504 g/mol. The second kappa shape index (κ2) is 11.2. The number of anilines is 1. The number of hydrazone groups is 1. The molecule has 8 nitrogen and oxygen atoms in total. The van der Waals surface area contributed by atoms with Crippen molar-refractivity contribution in [2.24, 2.45) is 5.10 Å². The van der Waals surface area contributed by atoms with Gasteiger partial charge in [-0.25, -0.2) is 14.8 Å². The summed E-state index contributed by atoms with van der Waals surface area (Å²) in [7, 11) is 1.49. The van der Waals surface area contributed by atoms with Gasteiger partial charge in [0.15, 0.2) is 11.5 Å². The Morgan fingerprint density at radius 1 is 1.17 bits per heavy atom. The van der Waals surface area contributed by atoms with E-state index in [-0.39, 0.29) is 34.4 Å². The molecule has 0 amide bonds. The molecule has 0 aliphatic carbocycles.